The fraction of sp³-hybridized carbons (Fsp3) is 0.100. The molecule has 0 fully saturated rings. The van der Waals surface area contributed by atoms with E-state index in [4.69, 9.17) is 28.0 Å². The van der Waals surface area contributed by atoms with Gasteiger partial charge in [0.1, 0.15) is 6.07 Å². The minimum absolute atomic E-state index is 0.00177. The third kappa shape index (κ3) is 3.85. The second kappa shape index (κ2) is 6.11. The SMILES string of the molecule is N#C/C(=N\Nc1c(Br)cc(Cl)cc1C(F)(F)F)C(=N)N. The van der Waals surface area contributed by atoms with E-state index in [1.54, 1.807) is 0 Å². The zero-order valence-corrected chi connectivity index (χ0v) is 11.9. The van der Waals surface area contributed by atoms with Gasteiger partial charge in [0.25, 0.3) is 0 Å². The predicted octanol–water partition coefficient (Wildman–Crippen LogP) is 3.35. The van der Waals surface area contributed by atoms with Crippen molar-refractivity contribution in [2.24, 2.45) is 10.8 Å². The number of nitriles is 1. The molecule has 0 aromatic heterocycles. The predicted molar refractivity (Wildman–Crippen MR) is 72.7 cm³/mol. The lowest BCUT2D eigenvalue weighted by atomic mass is 10.2. The van der Waals surface area contributed by atoms with Crippen LogP contribution in [0.2, 0.25) is 5.02 Å². The second-order valence-electron chi connectivity index (χ2n) is 3.41. The van der Waals surface area contributed by atoms with Crippen LogP contribution in [-0.2, 0) is 6.18 Å². The first-order valence-corrected chi connectivity index (χ1v) is 5.98. The molecule has 0 bridgehead atoms. The van der Waals surface area contributed by atoms with Crippen molar-refractivity contribution in [2.45, 2.75) is 6.18 Å². The maximum atomic E-state index is 12.9. The van der Waals surface area contributed by atoms with E-state index in [2.05, 4.69) is 26.5 Å². The van der Waals surface area contributed by atoms with Crippen LogP contribution in [0.15, 0.2) is 21.7 Å². The Morgan fingerprint density at radius 1 is 1.50 bits per heavy atom. The normalized spacial score (nSPS) is 11.9. The van der Waals surface area contributed by atoms with E-state index in [1.165, 1.54) is 12.1 Å². The Morgan fingerprint density at radius 3 is 2.55 bits per heavy atom. The van der Waals surface area contributed by atoms with Gasteiger partial charge in [0.05, 0.1) is 11.3 Å². The average molecular weight is 369 g/mol. The Balaban J connectivity index is 3.32. The summed E-state index contributed by atoms with van der Waals surface area (Å²) in [6.45, 7) is 0. The molecule has 1 aromatic carbocycles. The molecule has 0 unspecified atom stereocenters. The van der Waals surface area contributed by atoms with Crippen LogP contribution in [0, 0.1) is 16.7 Å². The molecule has 0 aliphatic rings. The number of nitrogens with one attached hydrogen (secondary N) is 2. The fourth-order valence-corrected chi connectivity index (χ4v) is 2.07. The number of anilines is 1. The minimum Gasteiger partial charge on any atom is -0.382 e. The van der Waals surface area contributed by atoms with Crippen molar-refractivity contribution in [1.82, 2.24) is 0 Å². The van der Waals surface area contributed by atoms with Gasteiger partial charge in [0, 0.05) is 9.50 Å². The van der Waals surface area contributed by atoms with Crippen LogP contribution in [0.3, 0.4) is 0 Å². The van der Waals surface area contributed by atoms with Gasteiger partial charge in [-0.25, -0.2) is 0 Å². The van der Waals surface area contributed by atoms with E-state index in [0.717, 1.165) is 0 Å². The van der Waals surface area contributed by atoms with E-state index in [-0.39, 0.29) is 9.50 Å². The van der Waals surface area contributed by atoms with Gasteiger partial charge in [-0.3, -0.25) is 10.8 Å². The van der Waals surface area contributed by atoms with Crippen molar-refractivity contribution in [3.63, 3.8) is 0 Å². The van der Waals surface area contributed by atoms with E-state index in [9.17, 15) is 13.2 Å². The highest BCUT2D eigenvalue weighted by Gasteiger charge is 2.35. The van der Waals surface area contributed by atoms with Crippen LogP contribution in [0.4, 0.5) is 18.9 Å². The Labute approximate surface area is 124 Å². The highest BCUT2D eigenvalue weighted by molar-refractivity contribution is 9.10. The van der Waals surface area contributed by atoms with Crippen LogP contribution >= 0.6 is 27.5 Å². The van der Waals surface area contributed by atoms with Crippen LogP contribution in [0.1, 0.15) is 5.56 Å². The molecule has 10 heteroatoms. The number of alkyl halides is 3. The lowest BCUT2D eigenvalue weighted by Crippen LogP contribution is -2.22. The third-order valence-corrected chi connectivity index (χ3v) is 2.84. The molecular formula is C10H6BrClF3N5. The van der Waals surface area contributed by atoms with E-state index >= 15 is 0 Å². The summed E-state index contributed by atoms with van der Waals surface area (Å²) in [5, 5.41) is 18.9. The molecule has 4 N–H and O–H groups in total. The number of nitrogens with zero attached hydrogens (tertiary/aromatic N) is 2. The Kier molecular flexibility index (Phi) is 4.97. The van der Waals surface area contributed by atoms with Crippen molar-refractivity contribution in [3.8, 4) is 6.07 Å². The summed E-state index contributed by atoms with van der Waals surface area (Å²) in [6, 6.07) is 3.42. The number of hydrazone groups is 1. The fourth-order valence-electron chi connectivity index (χ4n) is 1.17. The number of rotatable bonds is 3. The van der Waals surface area contributed by atoms with Crippen LogP contribution in [0.5, 0.6) is 0 Å². The monoisotopic (exact) mass is 367 g/mol. The minimum atomic E-state index is -4.67. The molecule has 0 radical (unpaired) electrons. The lowest BCUT2D eigenvalue weighted by molar-refractivity contribution is -0.137. The van der Waals surface area contributed by atoms with Crippen LogP contribution in [-0.4, -0.2) is 11.5 Å². The number of hydrogen-bond donors (Lipinski definition) is 3. The first-order chi connectivity index (χ1) is 9.16. The van der Waals surface area contributed by atoms with Gasteiger partial charge in [-0.05, 0) is 28.1 Å². The summed E-state index contributed by atoms with van der Waals surface area (Å²) in [4.78, 5) is 0. The molecule has 0 saturated heterocycles. The highest BCUT2D eigenvalue weighted by Crippen LogP contribution is 2.40. The van der Waals surface area contributed by atoms with Gasteiger partial charge in [-0.1, -0.05) is 11.6 Å². The maximum Gasteiger partial charge on any atom is 0.418 e. The maximum absolute atomic E-state index is 12.9. The van der Waals surface area contributed by atoms with Crippen LogP contribution in [0.25, 0.3) is 0 Å². The van der Waals surface area contributed by atoms with Gasteiger partial charge in [-0.2, -0.15) is 23.5 Å². The second-order valence-corrected chi connectivity index (χ2v) is 4.70. The van der Waals surface area contributed by atoms with E-state index in [0.29, 0.717) is 6.07 Å². The quantitative estimate of drug-likeness (QED) is 0.433. The molecule has 0 saturated carbocycles. The van der Waals surface area contributed by atoms with Crippen molar-refractivity contribution in [3.05, 3.63) is 27.2 Å². The molecule has 1 rings (SSSR count). The summed E-state index contributed by atoms with van der Waals surface area (Å²) >= 11 is 8.48. The Hall–Kier alpha value is -1.79. The molecule has 0 aliphatic heterocycles. The Bertz CT molecular complexity index is 621. The molecule has 5 nitrogen and oxygen atoms in total. The molecule has 0 amide bonds. The summed E-state index contributed by atoms with van der Waals surface area (Å²) in [5.74, 6) is -0.668. The van der Waals surface area contributed by atoms with E-state index < -0.39 is 29.0 Å². The molecular weight excluding hydrogens is 362 g/mol. The smallest absolute Gasteiger partial charge is 0.382 e. The first kappa shape index (κ1) is 16.3. The van der Waals surface area contributed by atoms with Crippen LogP contribution < -0.4 is 11.2 Å². The van der Waals surface area contributed by atoms with Crippen molar-refractivity contribution < 1.29 is 13.2 Å². The zero-order chi connectivity index (χ0) is 15.5. The number of amidine groups is 1. The van der Waals surface area contributed by atoms with Crippen molar-refractivity contribution in [2.75, 3.05) is 5.43 Å². The summed E-state index contributed by atoms with van der Waals surface area (Å²) < 4.78 is 38.6. The van der Waals surface area contributed by atoms with Crippen molar-refractivity contribution in [1.29, 1.82) is 10.7 Å². The summed E-state index contributed by atoms with van der Waals surface area (Å²) in [6.07, 6.45) is -4.67. The zero-order valence-electron chi connectivity index (χ0n) is 9.52. The molecule has 20 heavy (non-hydrogen) atoms. The summed E-state index contributed by atoms with van der Waals surface area (Å²) in [7, 11) is 0. The number of hydrogen-bond acceptors (Lipinski definition) is 4. The third-order valence-electron chi connectivity index (χ3n) is 2.00. The molecule has 106 valence electrons. The summed E-state index contributed by atoms with van der Waals surface area (Å²) in [5.41, 5.74) is 5.05. The van der Waals surface area contributed by atoms with Gasteiger partial charge in [0.15, 0.2) is 5.84 Å². The van der Waals surface area contributed by atoms with Gasteiger partial charge in [0.2, 0.25) is 5.71 Å². The lowest BCUT2D eigenvalue weighted by Gasteiger charge is -2.14. The number of benzene rings is 1. The molecule has 0 spiro atoms. The van der Waals surface area contributed by atoms with Crippen molar-refractivity contribution >= 4 is 44.8 Å². The van der Waals surface area contributed by atoms with Gasteiger partial charge < -0.3 is 5.73 Å². The molecule has 1 aromatic rings. The average Bonchev–Trinajstić information content (AvgIpc) is 2.29. The number of halogens is 5. The first-order valence-electron chi connectivity index (χ1n) is 4.81. The topological polar surface area (TPSA) is 98.0 Å². The van der Waals surface area contributed by atoms with Gasteiger partial charge in [-0.15, -0.1) is 0 Å². The Morgan fingerprint density at radius 2 is 2.10 bits per heavy atom. The molecule has 0 atom stereocenters. The molecule has 0 aliphatic carbocycles. The largest absolute Gasteiger partial charge is 0.418 e. The van der Waals surface area contributed by atoms with Gasteiger partial charge >= 0.3 is 6.18 Å². The molecule has 0 heterocycles. The highest BCUT2D eigenvalue weighted by atomic mass is 79.9. The standard InChI is InChI=1S/C10H6BrClF3N5/c11-6-2-4(12)1-5(10(13,14)15)8(6)20-19-7(3-16)9(17)18/h1-2,20H,(H3,17,18)/b19-7+. The number of nitrogens with two attached hydrogens (primary N) is 1. The van der Waals surface area contributed by atoms with E-state index in [1.807, 2.05) is 0 Å².